The average Bonchev–Trinajstić information content (AvgIpc) is 2.18. The normalized spacial score (nSPS) is 15.6. The highest BCUT2D eigenvalue weighted by molar-refractivity contribution is 9.10. The van der Waals surface area contributed by atoms with E-state index in [2.05, 4.69) is 22.0 Å². The molecule has 3 heteroatoms. The minimum absolute atomic E-state index is 0.285. The zero-order valence-electron chi connectivity index (χ0n) is 9.45. The first-order chi connectivity index (χ1) is 7.68. The van der Waals surface area contributed by atoms with Gasteiger partial charge in [-0.25, -0.2) is 0 Å². The van der Waals surface area contributed by atoms with Gasteiger partial charge in [0.1, 0.15) is 0 Å². The first-order valence-corrected chi connectivity index (χ1v) is 6.46. The lowest BCUT2D eigenvalue weighted by Gasteiger charge is -2.29. The van der Waals surface area contributed by atoms with Gasteiger partial charge in [-0.1, -0.05) is 40.5 Å². The molecule has 2 rings (SSSR count). The van der Waals surface area contributed by atoms with Crippen molar-refractivity contribution < 1.29 is 4.79 Å². The Morgan fingerprint density at radius 3 is 2.69 bits per heavy atom. The highest BCUT2D eigenvalue weighted by atomic mass is 79.9. The van der Waals surface area contributed by atoms with Crippen molar-refractivity contribution in [2.45, 2.75) is 25.8 Å². The second kappa shape index (κ2) is 5.00. The Kier molecular flexibility index (Phi) is 3.64. The summed E-state index contributed by atoms with van der Waals surface area (Å²) < 4.78 is 1.07. The fourth-order valence-electron chi connectivity index (χ4n) is 1.93. The van der Waals surface area contributed by atoms with Crippen molar-refractivity contribution in [2.75, 3.05) is 7.05 Å². The molecule has 0 radical (unpaired) electrons. The Balaban J connectivity index is 1.98. The summed E-state index contributed by atoms with van der Waals surface area (Å²) in [4.78, 5) is 13.8. The van der Waals surface area contributed by atoms with Gasteiger partial charge in [-0.2, -0.15) is 0 Å². The zero-order valence-corrected chi connectivity index (χ0v) is 11.0. The third-order valence-corrected chi connectivity index (χ3v) is 3.97. The van der Waals surface area contributed by atoms with E-state index in [4.69, 9.17) is 0 Å². The molecule has 0 heterocycles. The van der Waals surface area contributed by atoms with E-state index >= 15 is 0 Å². The second-order valence-electron chi connectivity index (χ2n) is 4.41. The van der Waals surface area contributed by atoms with Crippen molar-refractivity contribution >= 4 is 21.8 Å². The molecule has 0 saturated heterocycles. The van der Waals surface area contributed by atoms with Gasteiger partial charge in [0, 0.05) is 24.0 Å². The summed E-state index contributed by atoms with van der Waals surface area (Å²) in [6, 6.07) is 8.05. The van der Waals surface area contributed by atoms with E-state index in [1.165, 1.54) is 6.42 Å². The van der Waals surface area contributed by atoms with Crippen LogP contribution < -0.4 is 0 Å². The number of amides is 1. The van der Waals surface area contributed by atoms with Crippen LogP contribution in [0.15, 0.2) is 28.7 Å². The van der Waals surface area contributed by atoms with Gasteiger partial charge in [0.25, 0.3) is 0 Å². The van der Waals surface area contributed by atoms with Crippen LogP contribution in [-0.4, -0.2) is 17.9 Å². The summed E-state index contributed by atoms with van der Waals surface area (Å²) in [6.07, 6.45) is 3.34. The first-order valence-electron chi connectivity index (χ1n) is 5.67. The maximum atomic E-state index is 12.0. The molecule has 2 nitrogen and oxygen atoms in total. The molecule has 1 aromatic carbocycles. The van der Waals surface area contributed by atoms with Crippen molar-refractivity contribution in [1.29, 1.82) is 0 Å². The van der Waals surface area contributed by atoms with Crippen LogP contribution in [-0.2, 0) is 11.3 Å². The van der Waals surface area contributed by atoms with E-state index < -0.39 is 0 Å². The molecular weight excluding hydrogens is 266 g/mol. The van der Waals surface area contributed by atoms with Crippen LogP contribution in [0.25, 0.3) is 0 Å². The van der Waals surface area contributed by atoms with Crippen LogP contribution in [0, 0.1) is 5.92 Å². The molecule has 1 amide bonds. The number of benzene rings is 1. The van der Waals surface area contributed by atoms with Gasteiger partial charge in [0.2, 0.25) is 5.91 Å². The highest BCUT2D eigenvalue weighted by Crippen LogP contribution is 2.28. The van der Waals surface area contributed by atoms with Crippen molar-refractivity contribution in [3.63, 3.8) is 0 Å². The van der Waals surface area contributed by atoms with Crippen LogP contribution in [0.1, 0.15) is 24.8 Å². The average molecular weight is 282 g/mol. The molecule has 0 aliphatic heterocycles. The summed E-state index contributed by atoms with van der Waals surface area (Å²) >= 11 is 3.50. The predicted molar refractivity (Wildman–Crippen MR) is 68.0 cm³/mol. The number of rotatable bonds is 3. The van der Waals surface area contributed by atoms with Crippen LogP contribution in [0.3, 0.4) is 0 Å². The maximum Gasteiger partial charge on any atom is 0.225 e. The van der Waals surface area contributed by atoms with Gasteiger partial charge < -0.3 is 4.90 Å². The molecule has 1 aliphatic rings. The number of hydrogen-bond donors (Lipinski definition) is 0. The third-order valence-electron chi connectivity index (χ3n) is 3.20. The van der Waals surface area contributed by atoms with Crippen molar-refractivity contribution in [3.05, 3.63) is 34.3 Å². The Bertz CT molecular complexity index is 387. The van der Waals surface area contributed by atoms with E-state index in [-0.39, 0.29) is 5.92 Å². The minimum atomic E-state index is 0.285. The van der Waals surface area contributed by atoms with E-state index in [9.17, 15) is 4.79 Å². The summed E-state index contributed by atoms with van der Waals surface area (Å²) in [6.45, 7) is 0.691. The predicted octanol–water partition coefficient (Wildman–Crippen LogP) is 3.21. The largest absolute Gasteiger partial charge is 0.341 e. The fraction of sp³-hybridized carbons (Fsp3) is 0.462. The van der Waals surface area contributed by atoms with E-state index in [0.717, 1.165) is 22.9 Å². The molecule has 1 aliphatic carbocycles. The number of carbonyl (C=O) groups excluding carboxylic acids is 1. The molecule has 0 unspecified atom stereocenters. The Labute approximate surface area is 105 Å². The quantitative estimate of drug-likeness (QED) is 0.833. The van der Waals surface area contributed by atoms with Gasteiger partial charge in [-0.3, -0.25) is 4.79 Å². The van der Waals surface area contributed by atoms with Crippen LogP contribution in [0.2, 0.25) is 0 Å². The molecule has 1 aromatic rings. The molecule has 0 spiro atoms. The monoisotopic (exact) mass is 281 g/mol. The lowest BCUT2D eigenvalue weighted by atomic mass is 9.84. The van der Waals surface area contributed by atoms with Gasteiger partial charge in [-0.05, 0) is 24.5 Å². The van der Waals surface area contributed by atoms with Crippen molar-refractivity contribution in [2.24, 2.45) is 5.92 Å². The maximum absolute atomic E-state index is 12.0. The first kappa shape index (κ1) is 11.6. The fourth-order valence-corrected chi connectivity index (χ4v) is 2.34. The summed E-state index contributed by atoms with van der Waals surface area (Å²) in [5.41, 5.74) is 1.16. The van der Waals surface area contributed by atoms with Gasteiger partial charge >= 0.3 is 0 Å². The van der Waals surface area contributed by atoms with E-state index in [0.29, 0.717) is 12.5 Å². The Morgan fingerprint density at radius 1 is 1.44 bits per heavy atom. The van der Waals surface area contributed by atoms with Gasteiger partial charge in [-0.15, -0.1) is 0 Å². The van der Waals surface area contributed by atoms with E-state index in [1.54, 1.807) is 0 Å². The van der Waals surface area contributed by atoms with Crippen molar-refractivity contribution in [1.82, 2.24) is 4.90 Å². The molecule has 86 valence electrons. The van der Waals surface area contributed by atoms with Crippen molar-refractivity contribution in [3.8, 4) is 0 Å². The number of hydrogen-bond acceptors (Lipinski definition) is 1. The lowest BCUT2D eigenvalue weighted by Crippen LogP contribution is -2.35. The number of carbonyl (C=O) groups is 1. The molecule has 0 bridgehead atoms. The van der Waals surface area contributed by atoms with E-state index in [1.807, 2.05) is 30.1 Å². The summed E-state index contributed by atoms with van der Waals surface area (Å²) in [5, 5.41) is 0. The van der Waals surface area contributed by atoms with Crippen LogP contribution in [0.4, 0.5) is 0 Å². The van der Waals surface area contributed by atoms with Gasteiger partial charge in [0.05, 0.1) is 0 Å². The Hall–Kier alpha value is -0.830. The highest BCUT2D eigenvalue weighted by Gasteiger charge is 2.27. The smallest absolute Gasteiger partial charge is 0.225 e. The van der Waals surface area contributed by atoms with Gasteiger partial charge in [0.15, 0.2) is 0 Å². The molecular formula is C13H16BrNO. The third kappa shape index (κ3) is 2.46. The topological polar surface area (TPSA) is 20.3 Å². The molecule has 0 N–H and O–H groups in total. The lowest BCUT2D eigenvalue weighted by molar-refractivity contribution is -0.137. The Morgan fingerprint density at radius 2 is 2.12 bits per heavy atom. The summed E-state index contributed by atoms with van der Waals surface area (Å²) in [7, 11) is 1.89. The molecule has 16 heavy (non-hydrogen) atoms. The molecule has 0 atom stereocenters. The standard InChI is InChI=1S/C13H16BrNO/c1-15(13(16)10-6-4-7-10)9-11-5-2-3-8-12(11)14/h2-3,5,8,10H,4,6-7,9H2,1H3. The summed E-state index contributed by atoms with van der Waals surface area (Å²) in [5.74, 6) is 0.578. The van der Waals surface area contributed by atoms with Crippen LogP contribution >= 0.6 is 15.9 Å². The number of halogens is 1. The molecule has 0 aromatic heterocycles. The minimum Gasteiger partial charge on any atom is -0.341 e. The zero-order chi connectivity index (χ0) is 11.5. The molecule has 1 saturated carbocycles. The SMILES string of the molecule is CN(Cc1ccccc1Br)C(=O)C1CCC1. The van der Waals surface area contributed by atoms with Crippen LogP contribution in [0.5, 0.6) is 0 Å². The molecule has 1 fully saturated rings. The second-order valence-corrected chi connectivity index (χ2v) is 5.27. The number of nitrogens with zero attached hydrogens (tertiary/aromatic N) is 1.